The van der Waals surface area contributed by atoms with Gasteiger partial charge in [0.05, 0.1) is 10.7 Å². The number of halogens is 2. The summed E-state index contributed by atoms with van der Waals surface area (Å²) in [5.41, 5.74) is 0.302. The van der Waals surface area contributed by atoms with Crippen LogP contribution in [0.1, 0.15) is 54.4 Å². The van der Waals surface area contributed by atoms with Gasteiger partial charge >= 0.3 is 0 Å². The van der Waals surface area contributed by atoms with Gasteiger partial charge in [-0.1, -0.05) is 18.5 Å². The highest BCUT2D eigenvalue weighted by atomic mass is 35.5. The summed E-state index contributed by atoms with van der Waals surface area (Å²) in [7, 11) is 0. The second-order valence-corrected chi connectivity index (χ2v) is 9.95. The molecule has 0 spiro atoms. The maximum Gasteiger partial charge on any atom is 0.263 e. The van der Waals surface area contributed by atoms with E-state index in [1.807, 2.05) is 13.0 Å². The topological polar surface area (TPSA) is 80.3 Å². The lowest BCUT2D eigenvalue weighted by Gasteiger charge is -2.57. The van der Waals surface area contributed by atoms with Gasteiger partial charge in [0.2, 0.25) is 0 Å². The first-order valence-corrected chi connectivity index (χ1v) is 11.5. The van der Waals surface area contributed by atoms with Crippen molar-refractivity contribution < 1.29 is 18.7 Å². The Morgan fingerprint density at radius 1 is 1.26 bits per heavy atom. The first-order valence-electron chi connectivity index (χ1n) is 10.4. The molecule has 2 bridgehead atoms. The predicted octanol–water partition coefficient (Wildman–Crippen LogP) is 4.26. The van der Waals surface area contributed by atoms with Crippen molar-refractivity contribution in [2.24, 2.45) is 5.92 Å². The van der Waals surface area contributed by atoms with Crippen LogP contribution in [0, 0.1) is 18.7 Å². The molecule has 5 rings (SSSR count). The minimum Gasteiger partial charge on any atom is -0.484 e. The lowest BCUT2D eigenvalue weighted by molar-refractivity contribution is -0.128. The van der Waals surface area contributed by atoms with Crippen molar-refractivity contribution in [2.75, 3.05) is 6.61 Å². The Bertz CT molecular complexity index is 1000. The standard InChI is InChI=1S/C22H25ClFN3O3S/c1-13-11-21(26-20(29)18-9-14(2)27-31-18)5-7-22(13,8-6-21)25-19(28)12-30-15-3-4-16(23)17(24)10-15/h3-4,9-10,13H,5-8,11-12H2,1-2H3,(H,25,28)(H,26,29). The maximum absolute atomic E-state index is 13.5. The number of aryl methyl sites for hydroxylation is 1. The van der Waals surface area contributed by atoms with E-state index in [-0.39, 0.29) is 46.2 Å². The Hall–Kier alpha value is -2.19. The average molecular weight is 466 g/mol. The van der Waals surface area contributed by atoms with Crippen LogP contribution in [0.5, 0.6) is 5.75 Å². The normalized spacial score (nSPS) is 27.0. The molecular weight excluding hydrogens is 441 g/mol. The summed E-state index contributed by atoms with van der Waals surface area (Å²) >= 11 is 6.89. The van der Waals surface area contributed by atoms with Crippen molar-refractivity contribution in [3.05, 3.63) is 45.7 Å². The SMILES string of the molecule is Cc1cc(C(=O)NC23CCC(NC(=O)COc4ccc(Cl)c(F)c4)(CC2)C(C)C3)sn1. The van der Waals surface area contributed by atoms with Gasteiger partial charge < -0.3 is 15.4 Å². The Balaban J connectivity index is 1.34. The Morgan fingerprint density at radius 2 is 2.00 bits per heavy atom. The number of nitrogens with zero attached hydrogens (tertiary/aromatic N) is 1. The van der Waals surface area contributed by atoms with E-state index in [4.69, 9.17) is 16.3 Å². The van der Waals surface area contributed by atoms with Crippen LogP contribution in [-0.2, 0) is 4.79 Å². The van der Waals surface area contributed by atoms with Crippen LogP contribution in [0.25, 0.3) is 0 Å². The molecule has 2 aromatic rings. The monoisotopic (exact) mass is 465 g/mol. The molecule has 3 saturated carbocycles. The summed E-state index contributed by atoms with van der Waals surface area (Å²) in [6.45, 7) is 3.80. The summed E-state index contributed by atoms with van der Waals surface area (Å²) < 4.78 is 23.2. The number of hydrogen-bond acceptors (Lipinski definition) is 5. The van der Waals surface area contributed by atoms with Crippen LogP contribution in [-0.4, -0.2) is 33.9 Å². The molecule has 3 aliphatic carbocycles. The van der Waals surface area contributed by atoms with E-state index < -0.39 is 5.82 Å². The number of ether oxygens (including phenoxy) is 1. The van der Waals surface area contributed by atoms with Gasteiger partial charge in [-0.3, -0.25) is 9.59 Å². The third kappa shape index (κ3) is 4.55. The molecule has 2 amide bonds. The molecule has 6 nitrogen and oxygen atoms in total. The number of aromatic nitrogens is 1. The van der Waals surface area contributed by atoms with Crippen molar-refractivity contribution in [3.8, 4) is 5.75 Å². The number of carbonyl (C=O) groups is 2. The third-order valence-corrected chi connectivity index (χ3v) is 7.81. The van der Waals surface area contributed by atoms with Gasteiger partial charge in [-0.2, -0.15) is 4.37 Å². The maximum atomic E-state index is 13.5. The van der Waals surface area contributed by atoms with E-state index in [0.717, 1.165) is 37.8 Å². The first kappa shape index (κ1) is 22.0. The molecule has 3 fully saturated rings. The van der Waals surface area contributed by atoms with Crippen LogP contribution in [0.4, 0.5) is 4.39 Å². The zero-order valence-corrected chi connectivity index (χ0v) is 19.0. The molecule has 1 atom stereocenters. The van der Waals surface area contributed by atoms with E-state index in [1.54, 1.807) is 0 Å². The molecule has 2 N–H and O–H groups in total. The second kappa shape index (κ2) is 8.39. The quantitative estimate of drug-likeness (QED) is 0.668. The Labute approximate surface area is 189 Å². The van der Waals surface area contributed by atoms with Crippen LogP contribution >= 0.6 is 23.1 Å². The van der Waals surface area contributed by atoms with E-state index >= 15 is 0 Å². The lowest BCUT2D eigenvalue weighted by atomic mass is 9.56. The van der Waals surface area contributed by atoms with E-state index in [0.29, 0.717) is 4.88 Å². The number of carbonyl (C=O) groups excluding carboxylic acids is 2. The summed E-state index contributed by atoms with van der Waals surface area (Å²) in [6, 6.07) is 5.90. The molecule has 1 aromatic carbocycles. The van der Waals surface area contributed by atoms with E-state index in [9.17, 15) is 14.0 Å². The predicted molar refractivity (Wildman–Crippen MR) is 117 cm³/mol. The fraction of sp³-hybridized carbons (Fsp3) is 0.500. The van der Waals surface area contributed by atoms with Crippen LogP contribution in [0.15, 0.2) is 24.3 Å². The molecule has 0 saturated heterocycles. The molecule has 1 unspecified atom stereocenters. The first-order chi connectivity index (χ1) is 14.7. The minimum atomic E-state index is -0.585. The van der Waals surface area contributed by atoms with Gasteiger partial charge in [0.15, 0.2) is 6.61 Å². The highest BCUT2D eigenvalue weighted by Crippen LogP contribution is 2.50. The zero-order chi connectivity index (χ0) is 22.2. The number of rotatable bonds is 6. The largest absolute Gasteiger partial charge is 0.484 e. The fourth-order valence-corrected chi connectivity index (χ4v) is 5.65. The molecule has 0 radical (unpaired) electrons. The number of hydrogen-bond donors (Lipinski definition) is 2. The summed E-state index contributed by atoms with van der Waals surface area (Å²) in [5, 5.41) is 6.43. The number of amides is 2. The Morgan fingerprint density at radius 3 is 2.61 bits per heavy atom. The molecule has 31 heavy (non-hydrogen) atoms. The molecule has 9 heteroatoms. The fourth-order valence-electron chi connectivity index (χ4n) is 4.88. The van der Waals surface area contributed by atoms with Gasteiger partial charge in [-0.05, 0) is 74.7 Å². The van der Waals surface area contributed by atoms with Gasteiger partial charge in [0.25, 0.3) is 11.8 Å². The summed E-state index contributed by atoms with van der Waals surface area (Å²) in [4.78, 5) is 25.9. The highest BCUT2D eigenvalue weighted by molar-refractivity contribution is 7.08. The van der Waals surface area contributed by atoms with Crippen LogP contribution in [0.3, 0.4) is 0 Å². The molecular formula is C22H25ClFN3O3S. The molecule has 1 heterocycles. The van der Waals surface area contributed by atoms with Crippen LogP contribution < -0.4 is 15.4 Å². The average Bonchev–Trinajstić information content (AvgIpc) is 3.17. The van der Waals surface area contributed by atoms with Crippen molar-refractivity contribution in [3.63, 3.8) is 0 Å². The summed E-state index contributed by atoms with van der Waals surface area (Å²) in [6.07, 6.45) is 4.00. The van der Waals surface area contributed by atoms with E-state index in [1.165, 1.54) is 29.7 Å². The molecule has 1 aromatic heterocycles. The van der Waals surface area contributed by atoms with Crippen molar-refractivity contribution in [1.82, 2.24) is 15.0 Å². The van der Waals surface area contributed by atoms with Crippen molar-refractivity contribution in [1.29, 1.82) is 0 Å². The second-order valence-electron chi connectivity index (χ2n) is 8.74. The Kier molecular flexibility index (Phi) is 5.96. The summed E-state index contributed by atoms with van der Waals surface area (Å²) in [5.74, 6) is -0.427. The third-order valence-electron chi connectivity index (χ3n) is 6.62. The van der Waals surface area contributed by atoms with Crippen molar-refractivity contribution >= 4 is 34.9 Å². The van der Waals surface area contributed by atoms with Crippen LogP contribution in [0.2, 0.25) is 5.02 Å². The van der Waals surface area contributed by atoms with E-state index in [2.05, 4.69) is 21.9 Å². The molecule has 3 aliphatic rings. The number of nitrogens with one attached hydrogen (secondary N) is 2. The number of benzene rings is 1. The van der Waals surface area contributed by atoms with Gasteiger partial charge in [-0.15, -0.1) is 0 Å². The zero-order valence-electron chi connectivity index (χ0n) is 17.5. The number of fused-ring (bicyclic) bond motifs is 3. The van der Waals surface area contributed by atoms with Gasteiger partial charge in [0, 0.05) is 17.1 Å². The smallest absolute Gasteiger partial charge is 0.263 e. The minimum absolute atomic E-state index is 0.00924. The van der Waals surface area contributed by atoms with Gasteiger partial charge in [-0.25, -0.2) is 4.39 Å². The lowest BCUT2D eigenvalue weighted by Crippen LogP contribution is -2.67. The van der Waals surface area contributed by atoms with Crippen molar-refractivity contribution in [2.45, 2.75) is 57.0 Å². The highest BCUT2D eigenvalue weighted by Gasteiger charge is 2.54. The molecule has 0 aliphatic heterocycles. The molecule has 166 valence electrons. The van der Waals surface area contributed by atoms with Gasteiger partial charge in [0.1, 0.15) is 16.4 Å².